The van der Waals surface area contributed by atoms with Crippen LogP contribution in [0.4, 0.5) is 19.2 Å². The van der Waals surface area contributed by atoms with Gasteiger partial charge in [0.15, 0.2) is 0 Å². The van der Waals surface area contributed by atoms with Gasteiger partial charge >= 0.3 is 118 Å². The zero-order valence-electron chi connectivity index (χ0n) is 10.1. The molecule has 0 aliphatic carbocycles. The zero-order valence-corrected chi connectivity index (χ0v) is 18.1. The maximum atomic E-state index is 9.06. The molecule has 0 saturated carbocycles. The Balaban J connectivity index is -0.0000000327. The second-order valence-corrected chi connectivity index (χ2v) is 1.20. The van der Waals surface area contributed by atoms with Gasteiger partial charge in [0, 0.05) is 0 Å². The van der Waals surface area contributed by atoms with Gasteiger partial charge in [0.2, 0.25) is 0 Å². The summed E-state index contributed by atoms with van der Waals surface area (Å²) in [4.78, 5) is 36.2. The number of carboxylic acid groups (broad SMARTS) is 4. The van der Waals surface area contributed by atoms with Crippen LogP contribution in [0, 0.1) is 0 Å². The molecule has 0 N–H and O–H groups in total. The van der Waals surface area contributed by atoms with Crippen molar-refractivity contribution in [2.45, 2.75) is 0 Å². The van der Waals surface area contributed by atoms with E-state index >= 15 is 0 Å². The molecule has 0 aromatic carbocycles. The van der Waals surface area contributed by atoms with E-state index in [2.05, 4.69) is 9.47 Å². The van der Waals surface area contributed by atoms with Gasteiger partial charge in [-0.1, -0.05) is 0 Å². The van der Waals surface area contributed by atoms with Gasteiger partial charge in [-0.3, -0.25) is 0 Å². The molecule has 0 heterocycles. The third kappa shape index (κ3) is 52.8. The molecule has 80 valence electrons. The number of hydrogen-bond acceptors (Lipinski definition) is 10. The van der Waals surface area contributed by atoms with Gasteiger partial charge in [0.25, 0.3) is 24.6 Å². The SMILES string of the molecule is O=C([O-])OC(=O)[O-].O=C([O-])OC(=O)[O-].[Na+].[Na+].[Na+].[Na+]. The molecule has 0 fully saturated rings. The Morgan fingerprint density at radius 1 is 0.500 bits per heavy atom. The van der Waals surface area contributed by atoms with Gasteiger partial charge in [0.05, 0.1) is 0 Å². The van der Waals surface area contributed by atoms with E-state index in [-0.39, 0.29) is 118 Å². The maximum Gasteiger partial charge on any atom is 1.00 e. The quantitative estimate of drug-likeness (QED) is 0.237. The van der Waals surface area contributed by atoms with Crippen molar-refractivity contribution in [1.29, 1.82) is 0 Å². The molecule has 0 unspecified atom stereocenters. The van der Waals surface area contributed by atoms with E-state index in [0.29, 0.717) is 0 Å². The Kier molecular flexibility index (Phi) is 47.9. The van der Waals surface area contributed by atoms with Crippen LogP contribution in [-0.4, -0.2) is 24.6 Å². The fourth-order valence-corrected chi connectivity index (χ4v) is 0.136. The van der Waals surface area contributed by atoms with Crippen LogP contribution < -0.4 is 139 Å². The van der Waals surface area contributed by atoms with Gasteiger partial charge in [-0.25, -0.2) is 0 Å². The average Bonchev–Trinajstić information content (AvgIpc) is 1.79. The number of ether oxygens (including phenoxy) is 2. The van der Waals surface area contributed by atoms with E-state index in [1.807, 2.05) is 0 Å². The van der Waals surface area contributed by atoms with E-state index < -0.39 is 24.6 Å². The van der Waals surface area contributed by atoms with E-state index in [0.717, 1.165) is 0 Å². The van der Waals surface area contributed by atoms with Gasteiger partial charge in [-0.2, -0.15) is 0 Å². The summed E-state index contributed by atoms with van der Waals surface area (Å²) in [7, 11) is 0. The van der Waals surface area contributed by atoms with E-state index in [1.165, 1.54) is 0 Å². The Labute approximate surface area is 189 Å². The predicted molar refractivity (Wildman–Crippen MR) is 23.8 cm³/mol. The molecule has 0 atom stereocenters. The molecular formula is C4Na4O10. The Morgan fingerprint density at radius 2 is 0.611 bits per heavy atom. The molecule has 0 aromatic heterocycles. The minimum Gasteiger partial charge on any atom is -0.483 e. The molecule has 0 amide bonds. The molecular weight excluding hydrogens is 300 g/mol. The Hall–Kier alpha value is 1.48. The number of carbonyl (C=O) groups is 4. The molecule has 0 saturated heterocycles. The van der Waals surface area contributed by atoms with Crippen LogP contribution in [0.2, 0.25) is 0 Å². The number of carbonyl (C=O) groups excluding carboxylic acids is 4. The minimum absolute atomic E-state index is 0. The van der Waals surface area contributed by atoms with E-state index in [1.54, 1.807) is 0 Å². The first-order chi connectivity index (χ1) is 6.25. The van der Waals surface area contributed by atoms with Crippen molar-refractivity contribution in [2.75, 3.05) is 0 Å². The predicted octanol–water partition coefficient (Wildman–Crippen LogP) is -16.6. The summed E-state index contributed by atoms with van der Waals surface area (Å²) in [6, 6.07) is 0. The molecule has 0 aromatic rings. The molecule has 0 bridgehead atoms. The van der Waals surface area contributed by atoms with Crippen LogP contribution in [-0.2, 0) is 9.47 Å². The Bertz CT molecular complexity index is 204. The van der Waals surface area contributed by atoms with E-state index in [4.69, 9.17) is 39.6 Å². The van der Waals surface area contributed by atoms with Crippen LogP contribution in [0.3, 0.4) is 0 Å². The topological polar surface area (TPSA) is 179 Å². The molecule has 0 rings (SSSR count). The Morgan fingerprint density at radius 3 is 0.611 bits per heavy atom. The van der Waals surface area contributed by atoms with Crippen molar-refractivity contribution >= 4 is 24.6 Å². The largest absolute Gasteiger partial charge is 1.00 e. The van der Waals surface area contributed by atoms with Crippen molar-refractivity contribution in [3.63, 3.8) is 0 Å². The molecule has 0 radical (unpaired) electrons. The van der Waals surface area contributed by atoms with Gasteiger partial charge in [0.1, 0.15) is 0 Å². The average molecular weight is 300 g/mol. The minimum atomic E-state index is -2.12. The molecule has 0 aliphatic heterocycles. The summed E-state index contributed by atoms with van der Waals surface area (Å²) in [6.07, 6.45) is -8.50. The number of hydrogen-bond donors (Lipinski definition) is 0. The number of rotatable bonds is 0. The van der Waals surface area contributed by atoms with Crippen LogP contribution >= 0.6 is 0 Å². The van der Waals surface area contributed by atoms with Crippen molar-refractivity contribution in [3.8, 4) is 0 Å². The summed E-state index contributed by atoms with van der Waals surface area (Å²) in [5, 5.41) is 36.2. The molecule has 10 nitrogen and oxygen atoms in total. The van der Waals surface area contributed by atoms with Crippen LogP contribution in [0.25, 0.3) is 0 Å². The van der Waals surface area contributed by atoms with Crippen molar-refractivity contribution in [2.24, 2.45) is 0 Å². The van der Waals surface area contributed by atoms with E-state index in [9.17, 15) is 0 Å². The second kappa shape index (κ2) is 23.6. The second-order valence-electron chi connectivity index (χ2n) is 1.20. The summed E-state index contributed by atoms with van der Waals surface area (Å²) in [5.74, 6) is 0. The fraction of sp³-hybridized carbons (Fsp3) is 0. The fourth-order valence-electron chi connectivity index (χ4n) is 0.136. The first-order valence-electron chi connectivity index (χ1n) is 2.45. The first-order valence-corrected chi connectivity index (χ1v) is 2.45. The first kappa shape index (κ1) is 36.6. The zero-order chi connectivity index (χ0) is 11.7. The third-order valence-corrected chi connectivity index (χ3v) is 0.333. The molecule has 0 spiro atoms. The van der Waals surface area contributed by atoms with Gasteiger partial charge < -0.3 is 49.1 Å². The van der Waals surface area contributed by atoms with Crippen LogP contribution in [0.15, 0.2) is 0 Å². The summed E-state index contributed by atoms with van der Waals surface area (Å²) < 4.78 is 5.72. The van der Waals surface area contributed by atoms with Crippen molar-refractivity contribution in [3.05, 3.63) is 0 Å². The third-order valence-electron chi connectivity index (χ3n) is 0.333. The summed E-state index contributed by atoms with van der Waals surface area (Å²) >= 11 is 0. The van der Waals surface area contributed by atoms with Crippen LogP contribution in [0.1, 0.15) is 0 Å². The summed E-state index contributed by atoms with van der Waals surface area (Å²) in [5.41, 5.74) is 0. The smallest absolute Gasteiger partial charge is 0.483 e. The van der Waals surface area contributed by atoms with Crippen molar-refractivity contribution in [1.82, 2.24) is 0 Å². The van der Waals surface area contributed by atoms with Crippen molar-refractivity contribution < 1.29 is 167 Å². The standard InChI is InChI=1S/2C2H2O5.4Na/c2*3-1(4)7-2(5)6;;;;/h2*(H,3,4)(H,5,6);;;;/q;;4*+1/p-4. The molecule has 14 heteroatoms. The van der Waals surface area contributed by atoms with Gasteiger partial charge in [-0.05, 0) is 0 Å². The van der Waals surface area contributed by atoms with Crippen LogP contribution in [0.5, 0.6) is 0 Å². The normalized spacial score (nSPS) is 5.78. The maximum absolute atomic E-state index is 9.06. The van der Waals surface area contributed by atoms with Gasteiger partial charge in [-0.15, -0.1) is 0 Å². The monoisotopic (exact) mass is 300 g/mol. The molecule has 0 aliphatic rings. The molecule has 18 heavy (non-hydrogen) atoms. The summed E-state index contributed by atoms with van der Waals surface area (Å²) in [6.45, 7) is 0.